The summed E-state index contributed by atoms with van der Waals surface area (Å²) in [6.07, 6.45) is 3.06. The third kappa shape index (κ3) is 7.20. The van der Waals surface area contributed by atoms with E-state index in [0.29, 0.717) is 18.7 Å². The van der Waals surface area contributed by atoms with Crippen LogP contribution in [-0.4, -0.2) is 60.6 Å². The predicted molar refractivity (Wildman–Crippen MR) is 118 cm³/mol. The molecule has 0 aliphatic carbocycles. The van der Waals surface area contributed by atoms with Crippen LogP contribution in [0.15, 0.2) is 71.0 Å². The fourth-order valence-corrected chi connectivity index (χ4v) is 4.36. The minimum absolute atomic E-state index is 0.00249. The topological polar surface area (TPSA) is 110 Å². The average Bonchev–Trinajstić information content (AvgIpc) is 2.74. The van der Waals surface area contributed by atoms with Crippen molar-refractivity contribution in [2.75, 3.05) is 33.0 Å². The van der Waals surface area contributed by atoms with Crippen LogP contribution < -0.4 is 9.46 Å². The summed E-state index contributed by atoms with van der Waals surface area (Å²) in [5.41, 5.74) is 0.255. The maximum absolute atomic E-state index is 12.6. The summed E-state index contributed by atoms with van der Waals surface area (Å²) in [6.45, 7) is 4.22. The molecule has 0 atom stereocenters. The van der Waals surface area contributed by atoms with Crippen LogP contribution in [0, 0.1) is 0 Å². The zero-order chi connectivity index (χ0) is 23.1. The maximum Gasteiger partial charge on any atom is 0.253 e. The summed E-state index contributed by atoms with van der Waals surface area (Å²) in [6, 6.07) is 12.0. The SMILES string of the molecule is C=CCNS(=O)(=O)c1cccc(C(=O)N(C)CCCOc2cccc(S(C)(=O)=O)c2)c1. The van der Waals surface area contributed by atoms with Crippen LogP contribution in [0.25, 0.3) is 0 Å². The Hall–Kier alpha value is -2.69. The summed E-state index contributed by atoms with van der Waals surface area (Å²) in [7, 11) is -5.43. The zero-order valence-electron chi connectivity index (χ0n) is 17.4. The van der Waals surface area contributed by atoms with Crippen molar-refractivity contribution in [3.63, 3.8) is 0 Å². The summed E-state index contributed by atoms with van der Waals surface area (Å²) in [5, 5.41) is 0. The van der Waals surface area contributed by atoms with E-state index in [9.17, 15) is 21.6 Å². The number of sulfonamides is 1. The minimum atomic E-state index is -3.72. The van der Waals surface area contributed by atoms with Crippen molar-refractivity contribution >= 4 is 25.8 Å². The minimum Gasteiger partial charge on any atom is -0.493 e. The van der Waals surface area contributed by atoms with Crippen molar-refractivity contribution < 1.29 is 26.4 Å². The van der Waals surface area contributed by atoms with Crippen LogP contribution >= 0.6 is 0 Å². The number of amides is 1. The largest absolute Gasteiger partial charge is 0.493 e. The fourth-order valence-electron chi connectivity index (χ4n) is 2.66. The lowest BCUT2D eigenvalue weighted by atomic mass is 10.2. The quantitative estimate of drug-likeness (QED) is 0.401. The van der Waals surface area contributed by atoms with E-state index < -0.39 is 19.9 Å². The van der Waals surface area contributed by atoms with E-state index in [4.69, 9.17) is 4.74 Å². The maximum atomic E-state index is 12.6. The normalized spacial score (nSPS) is 11.7. The molecule has 0 aromatic heterocycles. The smallest absolute Gasteiger partial charge is 0.253 e. The lowest BCUT2D eigenvalue weighted by Crippen LogP contribution is -2.29. The van der Waals surface area contributed by atoms with E-state index >= 15 is 0 Å². The summed E-state index contributed by atoms with van der Waals surface area (Å²) in [5.74, 6) is 0.113. The highest BCUT2D eigenvalue weighted by atomic mass is 32.2. The molecule has 2 aromatic rings. The number of benzene rings is 2. The molecule has 1 amide bonds. The molecule has 0 unspecified atom stereocenters. The molecule has 0 spiro atoms. The first-order valence-electron chi connectivity index (χ1n) is 9.43. The second-order valence-electron chi connectivity index (χ2n) is 6.84. The lowest BCUT2D eigenvalue weighted by Gasteiger charge is -2.18. The highest BCUT2D eigenvalue weighted by Gasteiger charge is 2.17. The highest BCUT2D eigenvalue weighted by Crippen LogP contribution is 2.18. The van der Waals surface area contributed by atoms with Gasteiger partial charge in [-0.25, -0.2) is 21.6 Å². The monoisotopic (exact) mass is 466 g/mol. The molecule has 0 saturated heterocycles. The van der Waals surface area contributed by atoms with Crippen LogP contribution in [-0.2, 0) is 19.9 Å². The van der Waals surface area contributed by atoms with Crippen LogP contribution in [0.4, 0.5) is 0 Å². The van der Waals surface area contributed by atoms with E-state index in [1.807, 2.05) is 0 Å². The van der Waals surface area contributed by atoms with Crippen molar-refractivity contribution in [1.29, 1.82) is 0 Å². The number of hydrogen-bond acceptors (Lipinski definition) is 6. The number of carbonyl (C=O) groups is 1. The predicted octanol–water partition coefficient (Wildman–Crippen LogP) is 2.10. The Labute approximate surface area is 183 Å². The standard InChI is InChI=1S/C21H26N2O6S2/c1-4-12-22-31(27,28)20-11-5-8-17(15-20)21(24)23(2)13-7-14-29-18-9-6-10-19(16-18)30(3,25)26/h4-6,8-11,15-16,22H,1,7,12-14H2,2-3H3. The van der Waals surface area contributed by atoms with Gasteiger partial charge in [-0.3, -0.25) is 4.79 Å². The van der Waals surface area contributed by atoms with E-state index in [1.165, 1.54) is 41.3 Å². The molecular formula is C21H26N2O6S2. The van der Waals surface area contributed by atoms with E-state index in [1.54, 1.807) is 25.2 Å². The number of nitrogens with one attached hydrogen (secondary N) is 1. The summed E-state index contributed by atoms with van der Waals surface area (Å²) in [4.78, 5) is 14.3. The molecule has 1 N–H and O–H groups in total. The fraction of sp³-hybridized carbons (Fsp3) is 0.286. The molecule has 10 heteroatoms. The molecule has 0 radical (unpaired) electrons. The van der Waals surface area contributed by atoms with Crippen molar-refractivity contribution in [1.82, 2.24) is 9.62 Å². The van der Waals surface area contributed by atoms with Gasteiger partial charge < -0.3 is 9.64 Å². The van der Waals surface area contributed by atoms with Gasteiger partial charge in [0.05, 0.1) is 16.4 Å². The third-order valence-corrected chi connectivity index (χ3v) is 6.83. The summed E-state index contributed by atoms with van der Waals surface area (Å²) < 4.78 is 55.6. The molecule has 0 bridgehead atoms. The molecule has 0 saturated carbocycles. The average molecular weight is 467 g/mol. The number of ether oxygens (including phenoxy) is 1. The molecule has 168 valence electrons. The second kappa shape index (κ2) is 10.6. The molecule has 2 aromatic carbocycles. The van der Waals surface area contributed by atoms with Crippen molar-refractivity contribution in [2.24, 2.45) is 0 Å². The van der Waals surface area contributed by atoms with Gasteiger partial charge in [-0.1, -0.05) is 18.2 Å². The van der Waals surface area contributed by atoms with Gasteiger partial charge in [-0.15, -0.1) is 6.58 Å². The number of nitrogens with zero attached hydrogens (tertiary/aromatic N) is 1. The Morgan fingerprint density at radius 3 is 2.45 bits per heavy atom. The molecular weight excluding hydrogens is 440 g/mol. The number of rotatable bonds is 11. The van der Waals surface area contributed by atoms with Gasteiger partial charge in [-0.2, -0.15) is 0 Å². The Balaban J connectivity index is 1.93. The van der Waals surface area contributed by atoms with Gasteiger partial charge in [0.25, 0.3) is 5.91 Å². The van der Waals surface area contributed by atoms with E-state index in [2.05, 4.69) is 11.3 Å². The van der Waals surface area contributed by atoms with Gasteiger partial charge in [-0.05, 0) is 42.8 Å². The van der Waals surface area contributed by atoms with E-state index in [-0.39, 0.29) is 34.4 Å². The first-order valence-corrected chi connectivity index (χ1v) is 12.8. The van der Waals surface area contributed by atoms with Gasteiger partial charge >= 0.3 is 0 Å². The first kappa shape index (κ1) is 24.6. The molecule has 0 fully saturated rings. The second-order valence-corrected chi connectivity index (χ2v) is 10.6. The van der Waals surface area contributed by atoms with Crippen LogP contribution in [0.3, 0.4) is 0 Å². The van der Waals surface area contributed by atoms with E-state index in [0.717, 1.165) is 6.26 Å². The van der Waals surface area contributed by atoms with Crippen molar-refractivity contribution in [3.8, 4) is 5.75 Å². The van der Waals surface area contributed by atoms with Gasteiger partial charge in [0, 0.05) is 32.0 Å². The third-order valence-electron chi connectivity index (χ3n) is 4.30. The van der Waals surface area contributed by atoms with Crippen molar-refractivity contribution in [3.05, 3.63) is 66.7 Å². The number of hydrogen-bond donors (Lipinski definition) is 1. The van der Waals surface area contributed by atoms with Crippen LogP contribution in [0.2, 0.25) is 0 Å². The zero-order valence-corrected chi connectivity index (χ0v) is 19.1. The van der Waals surface area contributed by atoms with Gasteiger partial charge in [0.1, 0.15) is 5.75 Å². The van der Waals surface area contributed by atoms with Gasteiger partial charge in [0.15, 0.2) is 9.84 Å². The Morgan fingerprint density at radius 1 is 1.10 bits per heavy atom. The molecule has 2 rings (SSSR count). The van der Waals surface area contributed by atoms with Crippen molar-refractivity contribution in [2.45, 2.75) is 16.2 Å². The molecule has 0 aliphatic rings. The molecule has 31 heavy (non-hydrogen) atoms. The van der Waals surface area contributed by atoms with Gasteiger partial charge in [0.2, 0.25) is 10.0 Å². The summed E-state index contributed by atoms with van der Waals surface area (Å²) >= 11 is 0. The van der Waals surface area contributed by atoms with Crippen LogP contribution in [0.1, 0.15) is 16.8 Å². The first-order chi connectivity index (χ1) is 14.5. The lowest BCUT2D eigenvalue weighted by molar-refractivity contribution is 0.0787. The number of sulfone groups is 1. The molecule has 0 aliphatic heterocycles. The highest BCUT2D eigenvalue weighted by molar-refractivity contribution is 7.90. The molecule has 8 nitrogen and oxygen atoms in total. The number of carbonyl (C=O) groups excluding carboxylic acids is 1. The Morgan fingerprint density at radius 2 is 1.77 bits per heavy atom. The molecule has 0 heterocycles. The Kier molecular flexibility index (Phi) is 8.37. The Bertz CT molecular complexity index is 1140. The van der Waals surface area contributed by atoms with Crippen LogP contribution in [0.5, 0.6) is 5.75 Å².